The number of carbonyl (C=O) groups is 3. The lowest BCUT2D eigenvalue weighted by Gasteiger charge is -2.26. The van der Waals surface area contributed by atoms with Gasteiger partial charge in [-0.25, -0.2) is 9.78 Å². The largest absolute Gasteiger partial charge is 0.325 e. The number of benzene rings is 2. The second-order valence-corrected chi connectivity index (χ2v) is 8.46. The van der Waals surface area contributed by atoms with Crippen molar-refractivity contribution >= 4 is 34.3 Å². The number of urea groups is 1. The van der Waals surface area contributed by atoms with Crippen LogP contribution in [0.5, 0.6) is 0 Å². The lowest BCUT2D eigenvalue weighted by atomic mass is 9.87. The molecule has 1 aliphatic heterocycles. The molecule has 0 spiro atoms. The summed E-state index contributed by atoms with van der Waals surface area (Å²) in [6.07, 6.45) is 1.96. The number of thiazole rings is 1. The molecule has 1 N–H and O–H groups in total. The SMILES string of the molecule is C=CCN(C(=O)CN1C(=O)NC(CC)(c2ccccc2)C1=O)c1nc(-c2ccccc2)cs1. The first kappa shape index (κ1) is 22.4. The van der Waals surface area contributed by atoms with E-state index in [4.69, 9.17) is 0 Å². The lowest BCUT2D eigenvalue weighted by Crippen LogP contribution is -2.45. The van der Waals surface area contributed by atoms with E-state index in [1.54, 1.807) is 18.2 Å². The summed E-state index contributed by atoms with van der Waals surface area (Å²) in [5.74, 6) is -0.843. The summed E-state index contributed by atoms with van der Waals surface area (Å²) < 4.78 is 0. The molecule has 3 aromatic rings. The van der Waals surface area contributed by atoms with Gasteiger partial charge in [0.2, 0.25) is 5.91 Å². The minimum Gasteiger partial charge on any atom is -0.319 e. The van der Waals surface area contributed by atoms with Crippen LogP contribution < -0.4 is 10.2 Å². The molecule has 4 amide bonds. The average molecular weight is 461 g/mol. The highest BCUT2D eigenvalue weighted by Gasteiger charge is 2.51. The molecule has 1 unspecified atom stereocenters. The quantitative estimate of drug-likeness (QED) is 0.404. The van der Waals surface area contributed by atoms with Crippen molar-refractivity contribution in [2.75, 3.05) is 18.0 Å². The van der Waals surface area contributed by atoms with Crippen LogP contribution in [-0.4, -0.2) is 40.8 Å². The number of carbonyl (C=O) groups excluding carboxylic acids is 3. The van der Waals surface area contributed by atoms with E-state index in [9.17, 15) is 14.4 Å². The van der Waals surface area contributed by atoms with Gasteiger partial charge in [0.05, 0.1) is 5.69 Å². The molecule has 8 heteroatoms. The number of rotatable bonds is 8. The van der Waals surface area contributed by atoms with E-state index >= 15 is 0 Å². The van der Waals surface area contributed by atoms with Crippen molar-refractivity contribution in [2.24, 2.45) is 0 Å². The smallest absolute Gasteiger partial charge is 0.319 e. The van der Waals surface area contributed by atoms with Crippen LogP contribution in [0.2, 0.25) is 0 Å². The van der Waals surface area contributed by atoms with Gasteiger partial charge in [-0.2, -0.15) is 0 Å². The van der Waals surface area contributed by atoms with Crippen LogP contribution in [-0.2, 0) is 15.1 Å². The van der Waals surface area contributed by atoms with Crippen LogP contribution >= 0.6 is 11.3 Å². The van der Waals surface area contributed by atoms with Gasteiger partial charge in [-0.15, -0.1) is 17.9 Å². The molecule has 0 radical (unpaired) electrons. The number of imide groups is 1. The monoisotopic (exact) mass is 460 g/mol. The van der Waals surface area contributed by atoms with Crippen LogP contribution in [0.25, 0.3) is 11.3 Å². The highest BCUT2D eigenvalue weighted by molar-refractivity contribution is 7.14. The Labute approximate surface area is 196 Å². The van der Waals surface area contributed by atoms with Gasteiger partial charge in [0.1, 0.15) is 12.1 Å². The van der Waals surface area contributed by atoms with Gasteiger partial charge in [0, 0.05) is 17.5 Å². The first-order valence-electron chi connectivity index (χ1n) is 10.6. The number of nitrogens with zero attached hydrogens (tertiary/aromatic N) is 3. The molecule has 1 aliphatic rings. The number of hydrogen-bond donors (Lipinski definition) is 1. The summed E-state index contributed by atoms with van der Waals surface area (Å²) in [5, 5.41) is 5.16. The summed E-state index contributed by atoms with van der Waals surface area (Å²) >= 11 is 1.32. The molecular formula is C25H24N4O3S. The van der Waals surface area contributed by atoms with Gasteiger partial charge in [-0.3, -0.25) is 19.4 Å². The third kappa shape index (κ3) is 4.17. The van der Waals surface area contributed by atoms with Crippen molar-refractivity contribution in [1.29, 1.82) is 0 Å². The van der Waals surface area contributed by atoms with Crippen molar-refractivity contribution in [3.63, 3.8) is 0 Å². The van der Waals surface area contributed by atoms with E-state index in [0.717, 1.165) is 16.2 Å². The second-order valence-electron chi connectivity index (χ2n) is 7.62. The Balaban J connectivity index is 1.57. The van der Waals surface area contributed by atoms with Crippen LogP contribution in [0.3, 0.4) is 0 Å². The predicted octanol–water partition coefficient (Wildman–Crippen LogP) is 4.19. The molecule has 1 fully saturated rings. The van der Waals surface area contributed by atoms with Crippen molar-refractivity contribution in [1.82, 2.24) is 15.2 Å². The minimum absolute atomic E-state index is 0.210. The zero-order chi connectivity index (χ0) is 23.4. The van der Waals surface area contributed by atoms with E-state index in [2.05, 4.69) is 16.9 Å². The molecule has 0 aliphatic carbocycles. The predicted molar refractivity (Wildman–Crippen MR) is 129 cm³/mol. The molecule has 1 saturated heterocycles. The normalized spacial score (nSPS) is 17.7. The highest BCUT2D eigenvalue weighted by Crippen LogP contribution is 2.33. The summed E-state index contributed by atoms with van der Waals surface area (Å²) in [7, 11) is 0. The Kier molecular flexibility index (Phi) is 6.37. The fourth-order valence-electron chi connectivity index (χ4n) is 3.90. The molecule has 0 saturated carbocycles. The molecule has 2 heterocycles. The first-order valence-corrected chi connectivity index (χ1v) is 11.5. The molecule has 7 nitrogen and oxygen atoms in total. The van der Waals surface area contributed by atoms with Gasteiger partial charge < -0.3 is 5.32 Å². The number of anilines is 1. The number of nitrogens with one attached hydrogen (secondary N) is 1. The van der Waals surface area contributed by atoms with E-state index in [0.29, 0.717) is 17.1 Å². The van der Waals surface area contributed by atoms with Gasteiger partial charge in [0.15, 0.2) is 5.13 Å². The molecule has 4 rings (SSSR count). The van der Waals surface area contributed by atoms with Crippen molar-refractivity contribution in [2.45, 2.75) is 18.9 Å². The van der Waals surface area contributed by atoms with Crippen molar-refractivity contribution < 1.29 is 14.4 Å². The summed E-state index contributed by atoms with van der Waals surface area (Å²) in [6, 6.07) is 18.2. The van der Waals surface area contributed by atoms with Crippen LogP contribution in [0, 0.1) is 0 Å². The third-order valence-electron chi connectivity index (χ3n) is 5.67. The molecule has 0 bridgehead atoms. The lowest BCUT2D eigenvalue weighted by molar-refractivity contribution is -0.134. The van der Waals surface area contributed by atoms with Crippen LogP contribution in [0.4, 0.5) is 9.93 Å². The fourth-order valence-corrected chi connectivity index (χ4v) is 4.76. The van der Waals surface area contributed by atoms with E-state index in [1.807, 2.05) is 60.8 Å². The maximum atomic E-state index is 13.3. The zero-order valence-corrected chi connectivity index (χ0v) is 19.0. The second kappa shape index (κ2) is 9.38. The van der Waals surface area contributed by atoms with Crippen LogP contribution in [0.1, 0.15) is 18.9 Å². The average Bonchev–Trinajstić information content (AvgIpc) is 3.43. The van der Waals surface area contributed by atoms with Gasteiger partial charge in [-0.05, 0) is 12.0 Å². The number of hydrogen-bond acceptors (Lipinski definition) is 5. The Morgan fingerprint density at radius 2 is 1.82 bits per heavy atom. The molecule has 2 aromatic carbocycles. The van der Waals surface area contributed by atoms with Crippen molar-refractivity contribution in [3.8, 4) is 11.3 Å². The first-order chi connectivity index (χ1) is 16.0. The maximum Gasteiger partial charge on any atom is 0.325 e. The van der Waals surface area contributed by atoms with Gasteiger partial charge in [0.25, 0.3) is 5.91 Å². The number of aromatic nitrogens is 1. The molecule has 168 valence electrons. The Morgan fingerprint density at radius 1 is 1.15 bits per heavy atom. The summed E-state index contributed by atoms with van der Waals surface area (Å²) in [5.41, 5.74) is 1.21. The van der Waals surface area contributed by atoms with Crippen molar-refractivity contribution in [3.05, 3.63) is 84.3 Å². The molecule has 1 aromatic heterocycles. The highest BCUT2D eigenvalue weighted by atomic mass is 32.1. The molecular weight excluding hydrogens is 436 g/mol. The van der Waals surface area contributed by atoms with Crippen LogP contribution in [0.15, 0.2) is 78.7 Å². The van der Waals surface area contributed by atoms with Gasteiger partial charge >= 0.3 is 6.03 Å². The minimum atomic E-state index is -1.18. The Bertz CT molecular complexity index is 1180. The zero-order valence-electron chi connectivity index (χ0n) is 18.2. The molecule has 33 heavy (non-hydrogen) atoms. The fraction of sp³-hybridized carbons (Fsp3) is 0.200. The topological polar surface area (TPSA) is 82.6 Å². The molecule has 1 atom stereocenters. The van der Waals surface area contributed by atoms with Gasteiger partial charge in [-0.1, -0.05) is 73.7 Å². The summed E-state index contributed by atoms with van der Waals surface area (Å²) in [6.45, 7) is 5.40. The third-order valence-corrected chi connectivity index (χ3v) is 6.53. The van der Waals surface area contributed by atoms with E-state index in [1.165, 1.54) is 16.2 Å². The Hall–Kier alpha value is -3.78. The maximum absolute atomic E-state index is 13.3. The number of amides is 4. The summed E-state index contributed by atoms with van der Waals surface area (Å²) in [4.78, 5) is 46.4. The Morgan fingerprint density at radius 3 is 2.45 bits per heavy atom. The van der Waals surface area contributed by atoms with E-state index in [-0.39, 0.29) is 13.1 Å². The van der Waals surface area contributed by atoms with E-state index < -0.39 is 23.4 Å². The standard InChI is InChI=1S/C25H24N4O3S/c1-3-15-28(24-26-20(17-33-24)18-11-7-5-8-12-18)21(30)16-29-22(31)25(4-2,27-23(29)32)19-13-9-6-10-14-19/h3,5-14,17H,1,4,15-16H2,2H3,(H,27,32).